The second-order valence-corrected chi connectivity index (χ2v) is 5.50. The van der Waals surface area contributed by atoms with E-state index in [2.05, 4.69) is 5.32 Å². The van der Waals surface area contributed by atoms with Gasteiger partial charge >= 0.3 is 6.03 Å². The highest BCUT2D eigenvalue weighted by Gasteiger charge is 2.28. The van der Waals surface area contributed by atoms with Gasteiger partial charge in [-0.05, 0) is 19.1 Å². The first-order valence-electron chi connectivity index (χ1n) is 7.51. The number of hydrogen-bond acceptors (Lipinski definition) is 4. The Morgan fingerprint density at radius 2 is 1.96 bits per heavy atom. The van der Waals surface area contributed by atoms with Crippen molar-refractivity contribution >= 4 is 17.6 Å². The monoisotopic (exact) mass is 321 g/mol. The largest absolute Gasteiger partial charge is 0.497 e. The summed E-state index contributed by atoms with van der Waals surface area (Å²) in [7, 11) is 3.11. The number of methoxy groups -OCH3 is 2. The van der Waals surface area contributed by atoms with Gasteiger partial charge in [-0.25, -0.2) is 4.79 Å². The summed E-state index contributed by atoms with van der Waals surface area (Å²) in [5, 5.41) is 2.86. The van der Waals surface area contributed by atoms with Crippen LogP contribution in [0.3, 0.4) is 0 Å². The van der Waals surface area contributed by atoms with Crippen molar-refractivity contribution < 1.29 is 19.1 Å². The predicted octanol–water partition coefficient (Wildman–Crippen LogP) is 1.79. The van der Waals surface area contributed by atoms with E-state index >= 15 is 0 Å². The van der Waals surface area contributed by atoms with Gasteiger partial charge in [-0.2, -0.15) is 0 Å². The SMILES string of the molecule is COc1ccc(OC)c(NC(=O)N2CCN(C(C)=O)C[C@H]2C)c1. The first-order chi connectivity index (χ1) is 11.0. The van der Waals surface area contributed by atoms with E-state index in [1.807, 2.05) is 6.92 Å². The highest BCUT2D eigenvalue weighted by atomic mass is 16.5. The van der Waals surface area contributed by atoms with Gasteiger partial charge < -0.3 is 24.6 Å². The predicted molar refractivity (Wildman–Crippen MR) is 87.0 cm³/mol. The van der Waals surface area contributed by atoms with Crippen LogP contribution in [0, 0.1) is 0 Å². The summed E-state index contributed by atoms with van der Waals surface area (Å²) >= 11 is 0. The molecule has 23 heavy (non-hydrogen) atoms. The molecule has 3 amide bonds. The number of ether oxygens (including phenoxy) is 2. The lowest BCUT2D eigenvalue weighted by Crippen LogP contribution is -2.56. The summed E-state index contributed by atoms with van der Waals surface area (Å²) < 4.78 is 10.4. The molecule has 0 saturated carbocycles. The Hall–Kier alpha value is -2.44. The molecule has 1 atom stereocenters. The van der Waals surface area contributed by atoms with E-state index < -0.39 is 0 Å². The summed E-state index contributed by atoms with van der Waals surface area (Å²) in [5.41, 5.74) is 0.554. The second kappa shape index (κ2) is 7.21. The fourth-order valence-corrected chi connectivity index (χ4v) is 2.64. The Morgan fingerprint density at radius 1 is 1.22 bits per heavy atom. The Kier molecular flexibility index (Phi) is 5.31. The number of carbonyl (C=O) groups excluding carboxylic acids is 2. The third-order valence-corrected chi connectivity index (χ3v) is 3.98. The Morgan fingerprint density at radius 3 is 2.52 bits per heavy atom. The number of anilines is 1. The fraction of sp³-hybridized carbons (Fsp3) is 0.500. The van der Waals surface area contributed by atoms with Crippen LogP contribution in [0.4, 0.5) is 10.5 Å². The van der Waals surface area contributed by atoms with Crippen molar-refractivity contribution in [2.45, 2.75) is 19.9 Å². The van der Waals surface area contributed by atoms with Crippen molar-refractivity contribution in [1.82, 2.24) is 9.80 Å². The van der Waals surface area contributed by atoms with Gasteiger partial charge in [-0.1, -0.05) is 0 Å². The van der Waals surface area contributed by atoms with Gasteiger partial charge in [0.05, 0.1) is 19.9 Å². The maximum Gasteiger partial charge on any atom is 0.322 e. The van der Waals surface area contributed by atoms with Crippen molar-refractivity contribution in [2.75, 3.05) is 39.2 Å². The third-order valence-electron chi connectivity index (χ3n) is 3.98. The van der Waals surface area contributed by atoms with E-state index in [0.717, 1.165) is 0 Å². The van der Waals surface area contributed by atoms with Crippen molar-refractivity contribution in [3.63, 3.8) is 0 Å². The first-order valence-corrected chi connectivity index (χ1v) is 7.51. The van der Waals surface area contributed by atoms with E-state index in [0.29, 0.717) is 36.8 Å². The molecule has 1 N–H and O–H groups in total. The lowest BCUT2D eigenvalue weighted by Gasteiger charge is -2.39. The molecule has 1 aromatic carbocycles. The van der Waals surface area contributed by atoms with Crippen LogP contribution in [-0.2, 0) is 4.79 Å². The zero-order chi connectivity index (χ0) is 17.0. The summed E-state index contributed by atoms with van der Waals surface area (Å²) in [6, 6.07) is 4.96. The van der Waals surface area contributed by atoms with Crippen LogP contribution in [0.1, 0.15) is 13.8 Å². The lowest BCUT2D eigenvalue weighted by molar-refractivity contribution is -0.131. The average Bonchev–Trinajstić information content (AvgIpc) is 2.54. The molecule has 126 valence electrons. The molecule has 0 unspecified atom stereocenters. The number of hydrogen-bond donors (Lipinski definition) is 1. The molecule has 7 heteroatoms. The normalized spacial score (nSPS) is 17.7. The van der Waals surface area contributed by atoms with Crippen LogP contribution in [0.2, 0.25) is 0 Å². The standard InChI is InChI=1S/C16H23N3O4/c1-11-10-18(12(2)20)7-8-19(11)16(21)17-14-9-13(22-3)5-6-15(14)23-4/h5-6,9,11H,7-8,10H2,1-4H3,(H,17,21)/t11-/m1/s1. The number of urea groups is 1. The molecule has 1 aromatic rings. The molecule has 2 rings (SSSR count). The van der Waals surface area contributed by atoms with Crippen LogP contribution in [-0.4, -0.2) is 61.6 Å². The lowest BCUT2D eigenvalue weighted by atomic mass is 10.2. The summed E-state index contributed by atoms with van der Waals surface area (Å²) in [5.74, 6) is 1.23. The molecule has 0 spiro atoms. The van der Waals surface area contributed by atoms with Crippen LogP contribution >= 0.6 is 0 Å². The van der Waals surface area contributed by atoms with Gasteiger partial charge in [0.15, 0.2) is 0 Å². The van der Waals surface area contributed by atoms with E-state index in [4.69, 9.17) is 9.47 Å². The fourth-order valence-electron chi connectivity index (χ4n) is 2.64. The van der Waals surface area contributed by atoms with Gasteiger partial charge in [0.1, 0.15) is 11.5 Å². The number of piperazine rings is 1. The van der Waals surface area contributed by atoms with Crippen LogP contribution < -0.4 is 14.8 Å². The number of nitrogens with zero attached hydrogens (tertiary/aromatic N) is 2. The molecule has 7 nitrogen and oxygen atoms in total. The van der Waals surface area contributed by atoms with Gasteiger partial charge in [0, 0.05) is 38.7 Å². The average molecular weight is 321 g/mol. The smallest absolute Gasteiger partial charge is 0.322 e. The van der Waals surface area contributed by atoms with Crippen molar-refractivity contribution in [1.29, 1.82) is 0 Å². The zero-order valence-corrected chi connectivity index (χ0v) is 14.0. The summed E-state index contributed by atoms with van der Waals surface area (Å²) in [4.78, 5) is 27.5. The van der Waals surface area contributed by atoms with Crippen LogP contribution in [0.15, 0.2) is 18.2 Å². The van der Waals surface area contributed by atoms with Gasteiger partial charge in [0.2, 0.25) is 5.91 Å². The molecule has 1 aliphatic heterocycles. The van der Waals surface area contributed by atoms with E-state index in [1.54, 1.807) is 49.1 Å². The second-order valence-electron chi connectivity index (χ2n) is 5.50. The molecule has 0 bridgehead atoms. The molecular formula is C16H23N3O4. The van der Waals surface area contributed by atoms with Crippen molar-refractivity contribution in [2.24, 2.45) is 0 Å². The molecule has 0 aliphatic carbocycles. The van der Waals surface area contributed by atoms with E-state index in [9.17, 15) is 9.59 Å². The molecule has 0 radical (unpaired) electrons. The van der Waals surface area contributed by atoms with Crippen molar-refractivity contribution in [3.05, 3.63) is 18.2 Å². The number of amides is 3. The van der Waals surface area contributed by atoms with Crippen LogP contribution in [0.25, 0.3) is 0 Å². The minimum absolute atomic E-state index is 0.0337. The van der Waals surface area contributed by atoms with Gasteiger partial charge in [-0.15, -0.1) is 0 Å². The van der Waals surface area contributed by atoms with Gasteiger partial charge in [0.25, 0.3) is 0 Å². The number of carbonyl (C=O) groups is 2. The van der Waals surface area contributed by atoms with Crippen LogP contribution in [0.5, 0.6) is 11.5 Å². The molecule has 1 aliphatic rings. The minimum atomic E-state index is -0.216. The molecule has 1 heterocycles. The zero-order valence-electron chi connectivity index (χ0n) is 14.0. The molecule has 1 fully saturated rings. The number of benzene rings is 1. The maximum absolute atomic E-state index is 12.5. The molecular weight excluding hydrogens is 298 g/mol. The van der Waals surface area contributed by atoms with E-state index in [-0.39, 0.29) is 18.0 Å². The third kappa shape index (κ3) is 3.85. The Labute approximate surface area is 136 Å². The summed E-state index contributed by atoms with van der Waals surface area (Å²) in [6.07, 6.45) is 0. The highest BCUT2D eigenvalue weighted by Crippen LogP contribution is 2.29. The van der Waals surface area contributed by atoms with E-state index in [1.165, 1.54) is 0 Å². The van der Waals surface area contributed by atoms with Gasteiger partial charge in [-0.3, -0.25) is 4.79 Å². The number of nitrogens with one attached hydrogen (secondary N) is 1. The quantitative estimate of drug-likeness (QED) is 0.921. The highest BCUT2D eigenvalue weighted by molar-refractivity contribution is 5.91. The minimum Gasteiger partial charge on any atom is -0.497 e. The maximum atomic E-state index is 12.5. The topological polar surface area (TPSA) is 71.1 Å². The Balaban J connectivity index is 2.09. The first kappa shape index (κ1) is 16.9. The molecule has 1 saturated heterocycles. The Bertz CT molecular complexity index is 591. The number of rotatable bonds is 3. The molecule has 0 aromatic heterocycles. The van der Waals surface area contributed by atoms with Crippen molar-refractivity contribution in [3.8, 4) is 11.5 Å². The summed E-state index contributed by atoms with van der Waals surface area (Å²) in [6.45, 7) is 5.06.